The molecule has 0 aromatic heterocycles. The van der Waals surface area contributed by atoms with Gasteiger partial charge in [-0.25, -0.2) is 0 Å². The molecule has 1 atom stereocenters. The van der Waals surface area contributed by atoms with E-state index < -0.39 is 18.1 Å². The minimum atomic E-state index is -4.17. The summed E-state index contributed by atoms with van der Waals surface area (Å²) in [4.78, 5) is 22.9. The quantitative estimate of drug-likeness (QED) is 0.473. The molecule has 1 heterocycles. The number of hydrogen-bond acceptors (Lipinski definition) is 3. The second kappa shape index (κ2) is 10.7. The van der Waals surface area contributed by atoms with Crippen molar-refractivity contribution in [3.05, 3.63) is 0 Å². The predicted octanol–water partition coefficient (Wildman–Crippen LogP) is 2.81. The van der Waals surface area contributed by atoms with Crippen molar-refractivity contribution in [3.63, 3.8) is 0 Å². The Bertz CT molecular complexity index is 588. The molecule has 1 aliphatic heterocycles. The molecule has 1 saturated heterocycles. The van der Waals surface area contributed by atoms with Gasteiger partial charge in [0.25, 0.3) is 0 Å². The van der Waals surface area contributed by atoms with Gasteiger partial charge in [0.2, 0.25) is 5.91 Å². The van der Waals surface area contributed by atoms with Crippen molar-refractivity contribution in [1.82, 2.24) is 20.0 Å². The van der Waals surface area contributed by atoms with Gasteiger partial charge in [-0.2, -0.15) is 13.2 Å². The molecule has 0 bridgehead atoms. The third-order valence-electron chi connectivity index (χ3n) is 6.24. The molecular weight excluding hydrogens is 395 g/mol. The van der Waals surface area contributed by atoms with Crippen molar-refractivity contribution in [3.8, 4) is 0 Å². The van der Waals surface area contributed by atoms with Crippen LogP contribution >= 0.6 is 0 Å². The van der Waals surface area contributed by atoms with Crippen molar-refractivity contribution in [2.24, 2.45) is 16.3 Å². The van der Waals surface area contributed by atoms with Crippen LogP contribution in [0.25, 0.3) is 0 Å². The van der Waals surface area contributed by atoms with Gasteiger partial charge in [0, 0.05) is 40.3 Å². The summed E-state index contributed by atoms with van der Waals surface area (Å²) in [5.74, 6) is 1.10. The summed E-state index contributed by atoms with van der Waals surface area (Å²) in [6, 6.07) is 0. The van der Waals surface area contributed by atoms with Crippen LogP contribution in [0.1, 0.15) is 46.0 Å². The van der Waals surface area contributed by atoms with Gasteiger partial charge in [0.05, 0.1) is 18.5 Å². The third kappa shape index (κ3) is 6.75. The summed E-state index contributed by atoms with van der Waals surface area (Å²) < 4.78 is 38.3. The van der Waals surface area contributed by atoms with Crippen LogP contribution in [-0.2, 0) is 4.79 Å². The highest BCUT2D eigenvalue weighted by Crippen LogP contribution is 2.40. The highest BCUT2D eigenvalue weighted by molar-refractivity contribution is 5.84. The van der Waals surface area contributed by atoms with Crippen molar-refractivity contribution < 1.29 is 18.0 Å². The lowest BCUT2D eigenvalue weighted by atomic mass is 9.85. The first-order chi connectivity index (χ1) is 14.1. The van der Waals surface area contributed by atoms with E-state index in [4.69, 9.17) is 4.99 Å². The summed E-state index contributed by atoms with van der Waals surface area (Å²) in [6.07, 6.45) is 0.490. The van der Waals surface area contributed by atoms with Crippen LogP contribution in [0.5, 0.6) is 0 Å². The summed E-state index contributed by atoms with van der Waals surface area (Å²) in [5, 5.41) is 3.32. The van der Waals surface area contributed by atoms with Crippen LogP contribution in [0.3, 0.4) is 0 Å². The fraction of sp³-hybridized carbons (Fsp3) is 0.905. The van der Waals surface area contributed by atoms with Crippen molar-refractivity contribution in [2.75, 3.05) is 59.9 Å². The van der Waals surface area contributed by atoms with Gasteiger partial charge in [-0.15, -0.1) is 0 Å². The van der Waals surface area contributed by atoms with E-state index in [0.717, 1.165) is 44.6 Å². The molecule has 1 aliphatic carbocycles. The molecule has 174 valence electrons. The lowest BCUT2D eigenvalue weighted by molar-refractivity contribution is -0.146. The average molecular weight is 434 g/mol. The van der Waals surface area contributed by atoms with E-state index in [2.05, 4.69) is 10.2 Å². The van der Waals surface area contributed by atoms with Gasteiger partial charge in [-0.3, -0.25) is 14.7 Å². The topological polar surface area (TPSA) is 51.2 Å². The molecule has 2 rings (SSSR count). The van der Waals surface area contributed by atoms with Crippen LogP contribution in [0.15, 0.2) is 4.99 Å². The van der Waals surface area contributed by atoms with Gasteiger partial charge in [-0.05, 0) is 38.6 Å². The number of rotatable bonds is 8. The maximum absolute atomic E-state index is 12.8. The second-order valence-electron chi connectivity index (χ2n) is 8.90. The maximum Gasteiger partial charge on any atom is 0.401 e. The van der Waals surface area contributed by atoms with Crippen molar-refractivity contribution >= 4 is 11.9 Å². The Morgan fingerprint density at radius 1 is 1.23 bits per heavy atom. The van der Waals surface area contributed by atoms with Gasteiger partial charge < -0.3 is 15.1 Å². The molecule has 6 nitrogen and oxygen atoms in total. The fourth-order valence-corrected chi connectivity index (χ4v) is 4.72. The molecule has 1 unspecified atom stereocenters. The van der Waals surface area contributed by atoms with Crippen LogP contribution in [0.2, 0.25) is 0 Å². The van der Waals surface area contributed by atoms with E-state index in [1.165, 1.54) is 4.90 Å². The van der Waals surface area contributed by atoms with Gasteiger partial charge in [-0.1, -0.05) is 19.8 Å². The standard InChI is InChI=1S/C21H38F3N5O/c1-5-25-19(26-15-20(10-7-8-11-20)18(30)27(3)4)29-12-9-17(14-29)13-28(6-2)16-21(22,23)24/h17H,5-16H2,1-4H3,(H,25,26). The highest BCUT2D eigenvalue weighted by atomic mass is 19.4. The lowest BCUT2D eigenvalue weighted by Gasteiger charge is -2.30. The molecule has 1 amide bonds. The summed E-state index contributed by atoms with van der Waals surface area (Å²) in [7, 11) is 3.59. The smallest absolute Gasteiger partial charge is 0.357 e. The average Bonchev–Trinajstić information content (AvgIpc) is 3.33. The van der Waals surface area contributed by atoms with Crippen molar-refractivity contribution in [1.29, 1.82) is 0 Å². The number of hydrogen-bond donors (Lipinski definition) is 1. The molecule has 0 aromatic carbocycles. The Balaban J connectivity index is 2.03. The molecule has 2 fully saturated rings. The first-order valence-electron chi connectivity index (χ1n) is 11.1. The van der Waals surface area contributed by atoms with Crippen LogP contribution in [-0.4, -0.2) is 92.7 Å². The number of amides is 1. The Morgan fingerprint density at radius 2 is 1.90 bits per heavy atom. The molecular formula is C21H38F3N5O. The number of carbonyl (C=O) groups excluding carboxylic acids is 1. The minimum Gasteiger partial charge on any atom is -0.357 e. The molecule has 1 saturated carbocycles. The number of guanidine groups is 1. The number of aliphatic imine (C=N–C) groups is 1. The normalized spacial score (nSPS) is 22.1. The van der Waals surface area contributed by atoms with Gasteiger partial charge in [0.15, 0.2) is 5.96 Å². The largest absolute Gasteiger partial charge is 0.401 e. The number of alkyl halides is 3. The summed E-state index contributed by atoms with van der Waals surface area (Å²) in [5.41, 5.74) is -0.422. The number of nitrogens with one attached hydrogen (secondary N) is 1. The number of nitrogens with zero attached hydrogens (tertiary/aromatic N) is 4. The number of likely N-dealkylation sites (tertiary alicyclic amines) is 1. The zero-order valence-electron chi connectivity index (χ0n) is 18.9. The van der Waals surface area contributed by atoms with Gasteiger partial charge in [0.1, 0.15) is 0 Å². The molecule has 9 heteroatoms. The summed E-state index contributed by atoms with van der Waals surface area (Å²) >= 11 is 0. The first kappa shape index (κ1) is 24.8. The monoisotopic (exact) mass is 433 g/mol. The molecule has 30 heavy (non-hydrogen) atoms. The number of carbonyl (C=O) groups is 1. The van der Waals surface area contributed by atoms with E-state index in [1.807, 2.05) is 6.92 Å². The fourth-order valence-electron chi connectivity index (χ4n) is 4.72. The van der Waals surface area contributed by atoms with Crippen molar-refractivity contribution in [2.45, 2.75) is 52.1 Å². The summed E-state index contributed by atoms with van der Waals surface area (Å²) in [6.45, 7) is 6.38. The molecule has 2 aliphatic rings. The maximum atomic E-state index is 12.8. The third-order valence-corrected chi connectivity index (χ3v) is 6.24. The number of halogens is 3. The zero-order valence-corrected chi connectivity index (χ0v) is 18.9. The van der Waals surface area contributed by atoms with E-state index >= 15 is 0 Å². The Labute approximate surface area is 178 Å². The Morgan fingerprint density at radius 3 is 2.43 bits per heavy atom. The predicted molar refractivity (Wildman–Crippen MR) is 113 cm³/mol. The van der Waals surface area contributed by atoms with Crippen LogP contribution in [0, 0.1) is 11.3 Å². The van der Waals surface area contributed by atoms with Crippen LogP contribution < -0.4 is 5.32 Å². The molecule has 0 aromatic rings. The zero-order chi connectivity index (χ0) is 22.4. The van der Waals surface area contributed by atoms with E-state index in [1.54, 1.807) is 25.9 Å². The van der Waals surface area contributed by atoms with E-state index in [9.17, 15) is 18.0 Å². The lowest BCUT2D eigenvalue weighted by Crippen LogP contribution is -2.44. The SMILES string of the molecule is CCNC(=NCC1(C(=O)N(C)C)CCCC1)N1CCC(CN(CC)CC(F)(F)F)C1. The molecule has 1 N–H and O–H groups in total. The first-order valence-corrected chi connectivity index (χ1v) is 11.1. The molecule has 0 spiro atoms. The van der Waals surface area contributed by atoms with Crippen LogP contribution in [0.4, 0.5) is 13.2 Å². The Kier molecular flexibility index (Phi) is 8.82. The molecule has 0 radical (unpaired) electrons. The minimum absolute atomic E-state index is 0.143. The van der Waals surface area contributed by atoms with E-state index in [0.29, 0.717) is 32.7 Å². The highest BCUT2D eigenvalue weighted by Gasteiger charge is 2.42. The second-order valence-corrected chi connectivity index (χ2v) is 8.90. The van der Waals surface area contributed by atoms with E-state index in [-0.39, 0.29) is 11.8 Å². The Hall–Kier alpha value is -1.51. The van der Waals surface area contributed by atoms with Gasteiger partial charge >= 0.3 is 6.18 Å².